The predicted molar refractivity (Wildman–Crippen MR) is 101 cm³/mol. The molecule has 2 saturated carbocycles. The Hall–Kier alpha value is -0.850. The fourth-order valence-corrected chi connectivity index (χ4v) is 6.22. The van der Waals surface area contributed by atoms with Crippen LogP contribution in [0.3, 0.4) is 0 Å². The van der Waals surface area contributed by atoms with Gasteiger partial charge in [-0.3, -0.25) is 9.89 Å². The van der Waals surface area contributed by atoms with Gasteiger partial charge < -0.3 is 19.7 Å². The smallest absolute Gasteiger partial charge is 0.193 e. The lowest BCUT2D eigenvalue weighted by Crippen LogP contribution is -2.72. The third-order valence-corrected chi connectivity index (χ3v) is 7.74. The average Bonchev–Trinajstić information content (AvgIpc) is 3.24. The zero-order valence-electron chi connectivity index (χ0n) is 16.2. The van der Waals surface area contributed by atoms with Crippen molar-refractivity contribution in [3.63, 3.8) is 0 Å². The number of guanidine groups is 1. The topological polar surface area (TPSA) is 49.3 Å². The molecule has 6 nitrogen and oxygen atoms in total. The second-order valence-electron chi connectivity index (χ2n) is 9.01. The van der Waals surface area contributed by atoms with Crippen molar-refractivity contribution in [1.29, 1.82) is 0 Å². The number of nitrogens with one attached hydrogen (secondary N) is 1. The number of ether oxygens (including phenoxy) is 2. The Labute approximate surface area is 157 Å². The molecule has 5 aliphatic rings. The number of hydrogen-bond donors (Lipinski definition) is 1. The summed E-state index contributed by atoms with van der Waals surface area (Å²) in [6.07, 6.45) is 7.07. The summed E-state index contributed by atoms with van der Waals surface area (Å²) in [5.74, 6) is 2.60. The summed E-state index contributed by atoms with van der Waals surface area (Å²) in [5.41, 5.74) is 0.421. The standard InChI is InChI=1S/C20H34N4O2/c1-21-19(22-17-16-4-10-26-18(16)20(17)5-2-6-20)24-7-3-15(14-24)13-23-8-11-25-12-9-23/h15-18H,2-14H2,1H3,(H,21,22). The Morgan fingerprint density at radius 2 is 2.00 bits per heavy atom. The number of rotatable bonds is 3. The van der Waals surface area contributed by atoms with E-state index in [1.807, 2.05) is 7.05 Å². The highest BCUT2D eigenvalue weighted by Crippen LogP contribution is 2.62. The van der Waals surface area contributed by atoms with Gasteiger partial charge in [0.05, 0.1) is 19.3 Å². The van der Waals surface area contributed by atoms with Crippen LogP contribution in [0.2, 0.25) is 0 Å². The average molecular weight is 363 g/mol. The molecule has 6 heteroatoms. The Balaban J connectivity index is 1.18. The molecule has 0 bridgehead atoms. The first-order chi connectivity index (χ1) is 12.8. The highest BCUT2D eigenvalue weighted by molar-refractivity contribution is 5.81. The van der Waals surface area contributed by atoms with E-state index in [2.05, 4.69) is 20.1 Å². The predicted octanol–water partition coefficient (Wildman–Crippen LogP) is 1.17. The molecule has 3 aliphatic heterocycles. The van der Waals surface area contributed by atoms with Gasteiger partial charge in [0.1, 0.15) is 0 Å². The molecule has 0 aromatic carbocycles. The van der Waals surface area contributed by atoms with Crippen molar-refractivity contribution < 1.29 is 9.47 Å². The van der Waals surface area contributed by atoms with Crippen molar-refractivity contribution in [2.24, 2.45) is 22.2 Å². The molecular weight excluding hydrogens is 328 g/mol. The van der Waals surface area contributed by atoms with Crippen LogP contribution < -0.4 is 5.32 Å². The molecule has 3 heterocycles. The van der Waals surface area contributed by atoms with Crippen LogP contribution in [0.4, 0.5) is 0 Å². The fraction of sp³-hybridized carbons (Fsp3) is 0.950. The van der Waals surface area contributed by atoms with Crippen LogP contribution in [0.1, 0.15) is 32.1 Å². The molecule has 3 saturated heterocycles. The molecule has 146 valence electrons. The Morgan fingerprint density at radius 3 is 2.73 bits per heavy atom. The van der Waals surface area contributed by atoms with Gasteiger partial charge in [0.2, 0.25) is 0 Å². The van der Waals surface area contributed by atoms with Crippen LogP contribution in [0.25, 0.3) is 0 Å². The van der Waals surface area contributed by atoms with Gasteiger partial charge in [-0.25, -0.2) is 0 Å². The summed E-state index contributed by atoms with van der Waals surface area (Å²) in [7, 11) is 1.95. The van der Waals surface area contributed by atoms with E-state index in [-0.39, 0.29) is 0 Å². The zero-order valence-corrected chi connectivity index (χ0v) is 16.2. The molecule has 4 atom stereocenters. The Kier molecular flexibility index (Phi) is 4.62. The lowest BCUT2D eigenvalue weighted by Gasteiger charge is -2.63. The first-order valence-corrected chi connectivity index (χ1v) is 10.7. The minimum absolute atomic E-state index is 0.421. The molecule has 5 rings (SSSR count). The maximum atomic E-state index is 6.07. The van der Waals surface area contributed by atoms with E-state index in [9.17, 15) is 0 Å². The van der Waals surface area contributed by atoms with Gasteiger partial charge in [0.15, 0.2) is 5.96 Å². The number of likely N-dealkylation sites (tertiary alicyclic amines) is 1. The number of nitrogens with zero attached hydrogens (tertiary/aromatic N) is 3. The quantitative estimate of drug-likeness (QED) is 0.603. The first-order valence-electron chi connectivity index (χ1n) is 10.7. The number of fused-ring (bicyclic) bond motifs is 2. The van der Waals surface area contributed by atoms with E-state index in [1.165, 1.54) is 38.6 Å². The van der Waals surface area contributed by atoms with Gasteiger partial charge >= 0.3 is 0 Å². The van der Waals surface area contributed by atoms with E-state index < -0.39 is 0 Å². The van der Waals surface area contributed by atoms with Gasteiger partial charge in [-0.2, -0.15) is 0 Å². The summed E-state index contributed by atoms with van der Waals surface area (Å²) < 4.78 is 11.6. The van der Waals surface area contributed by atoms with E-state index in [0.29, 0.717) is 23.5 Å². The number of aliphatic imine (C=N–C) groups is 1. The van der Waals surface area contributed by atoms with Crippen molar-refractivity contribution in [2.75, 3.05) is 59.6 Å². The molecule has 0 aromatic rings. The van der Waals surface area contributed by atoms with Crippen molar-refractivity contribution >= 4 is 5.96 Å². The van der Waals surface area contributed by atoms with E-state index in [0.717, 1.165) is 57.9 Å². The molecule has 0 radical (unpaired) electrons. The van der Waals surface area contributed by atoms with Crippen LogP contribution in [0, 0.1) is 17.3 Å². The van der Waals surface area contributed by atoms with E-state index in [1.54, 1.807) is 0 Å². The monoisotopic (exact) mass is 362 g/mol. The van der Waals surface area contributed by atoms with E-state index in [4.69, 9.17) is 9.47 Å². The van der Waals surface area contributed by atoms with Crippen LogP contribution in [0.15, 0.2) is 4.99 Å². The normalized spacial score (nSPS) is 39.6. The highest BCUT2D eigenvalue weighted by atomic mass is 16.5. The minimum atomic E-state index is 0.421. The van der Waals surface area contributed by atoms with Crippen LogP contribution in [-0.4, -0.2) is 87.5 Å². The zero-order chi connectivity index (χ0) is 17.6. The largest absolute Gasteiger partial charge is 0.379 e. The molecule has 0 aromatic heterocycles. The SMILES string of the molecule is CN=C(NC1C2CCOC2C12CCC2)N1CCC(CN2CCOCC2)C1. The molecule has 26 heavy (non-hydrogen) atoms. The molecule has 2 aliphatic carbocycles. The second kappa shape index (κ2) is 6.95. The summed E-state index contributed by atoms with van der Waals surface area (Å²) >= 11 is 0. The molecule has 4 unspecified atom stereocenters. The molecular formula is C20H34N4O2. The van der Waals surface area contributed by atoms with Gasteiger partial charge in [-0.05, 0) is 31.6 Å². The van der Waals surface area contributed by atoms with Crippen LogP contribution in [-0.2, 0) is 9.47 Å². The van der Waals surface area contributed by atoms with Crippen molar-refractivity contribution in [3.8, 4) is 0 Å². The third-order valence-electron chi connectivity index (χ3n) is 7.74. The molecule has 1 N–H and O–H groups in total. The van der Waals surface area contributed by atoms with Gasteiger partial charge in [-0.1, -0.05) is 6.42 Å². The summed E-state index contributed by atoms with van der Waals surface area (Å²) in [6, 6.07) is 0.584. The molecule has 5 fully saturated rings. The van der Waals surface area contributed by atoms with Gasteiger partial charge in [0.25, 0.3) is 0 Å². The fourth-order valence-electron chi connectivity index (χ4n) is 6.22. The van der Waals surface area contributed by atoms with Crippen LogP contribution >= 0.6 is 0 Å². The highest BCUT2D eigenvalue weighted by Gasteiger charge is 2.66. The Bertz CT molecular complexity index is 544. The summed E-state index contributed by atoms with van der Waals surface area (Å²) in [4.78, 5) is 9.74. The summed E-state index contributed by atoms with van der Waals surface area (Å²) in [5, 5.41) is 3.90. The summed E-state index contributed by atoms with van der Waals surface area (Å²) in [6.45, 7) is 8.43. The van der Waals surface area contributed by atoms with Crippen LogP contribution in [0.5, 0.6) is 0 Å². The molecule has 1 spiro atoms. The van der Waals surface area contributed by atoms with Crippen molar-refractivity contribution in [3.05, 3.63) is 0 Å². The van der Waals surface area contributed by atoms with Crippen molar-refractivity contribution in [1.82, 2.24) is 15.1 Å². The maximum Gasteiger partial charge on any atom is 0.193 e. The lowest BCUT2D eigenvalue weighted by atomic mass is 9.46. The lowest BCUT2D eigenvalue weighted by molar-refractivity contribution is -0.171. The molecule has 0 amide bonds. The number of morpholine rings is 1. The van der Waals surface area contributed by atoms with Gasteiger partial charge in [-0.15, -0.1) is 0 Å². The maximum absolute atomic E-state index is 6.07. The minimum Gasteiger partial charge on any atom is -0.379 e. The second-order valence-corrected chi connectivity index (χ2v) is 9.01. The first kappa shape index (κ1) is 17.3. The van der Waals surface area contributed by atoms with Gasteiger partial charge in [0, 0.05) is 63.8 Å². The van der Waals surface area contributed by atoms with Crippen molar-refractivity contribution in [2.45, 2.75) is 44.2 Å². The third kappa shape index (κ3) is 2.76. The number of hydrogen-bond acceptors (Lipinski definition) is 4. The van der Waals surface area contributed by atoms with E-state index >= 15 is 0 Å². The Morgan fingerprint density at radius 1 is 1.15 bits per heavy atom.